The van der Waals surface area contributed by atoms with Crippen LogP contribution in [0.4, 0.5) is 5.69 Å². The van der Waals surface area contributed by atoms with E-state index in [9.17, 15) is 18.0 Å². The van der Waals surface area contributed by atoms with Crippen LogP contribution in [-0.4, -0.2) is 34.6 Å². The summed E-state index contributed by atoms with van der Waals surface area (Å²) in [5.41, 5.74) is 0.908. The van der Waals surface area contributed by atoms with Gasteiger partial charge in [-0.1, -0.05) is 39.0 Å². The maximum absolute atomic E-state index is 13.1. The van der Waals surface area contributed by atoms with Gasteiger partial charge in [-0.25, -0.2) is 18.0 Å². The van der Waals surface area contributed by atoms with E-state index in [2.05, 4.69) is 4.72 Å². The second-order valence-electron chi connectivity index (χ2n) is 7.10. The van der Waals surface area contributed by atoms with Crippen molar-refractivity contribution in [3.05, 3.63) is 45.8 Å². The van der Waals surface area contributed by atoms with E-state index in [1.54, 1.807) is 12.1 Å². The molecule has 0 aliphatic carbocycles. The van der Waals surface area contributed by atoms with Crippen molar-refractivity contribution < 1.29 is 27.5 Å². The van der Waals surface area contributed by atoms with E-state index < -0.39 is 22.0 Å². The number of hydrogen-bond acceptors (Lipinski definition) is 7. The molecule has 152 valence electrons. The Morgan fingerprint density at radius 1 is 1.04 bits per heavy atom. The van der Waals surface area contributed by atoms with Gasteiger partial charge >= 0.3 is 11.9 Å². The van der Waals surface area contributed by atoms with E-state index in [1.807, 2.05) is 32.9 Å². The first-order valence-electron chi connectivity index (χ1n) is 8.36. The molecule has 2 aromatic rings. The van der Waals surface area contributed by atoms with Gasteiger partial charge in [0, 0.05) is 0 Å². The van der Waals surface area contributed by atoms with E-state index in [1.165, 1.54) is 14.0 Å². The maximum atomic E-state index is 13.1. The topological polar surface area (TPSA) is 98.8 Å². The summed E-state index contributed by atoms with van der Waals surface area (Å²) >= 11 is 0.676. The molecule has 1 aromatic heterocycles. The number of benzene rings is 1. The van der Waals surface area contributed by atoms with Gasteiger partial charge in [0.05, 0.1) is 25.5 Å². The molecule has 0 aliphatic rings. The van der Waals surface area contributed by atoms with Crippen LogP contribution in [0.25, 0.3) is 0 Å². The molecule has 9 heteroatoms. The number of methoxy groups -OCH3 is 2. The van der Waals surface area contributed by atoms with Crippen LogP contribution in [-0.2, 0) is 24.9 Å². The summed E-state index contributed by atoms with van der Waals surface area (Å²) in [4.78, 5) is 24.3. The van der Waals surface area contributed by atoms with Crippen LogP contribution < -0.4 is 4.72 Å². The quantitative estimate of drug-likeness (QED) is 0.733. The van der Waals surface area contributed by atoms with Crippen molar-refractivity contribution in [1.29, 1.82) is 0 Å². The minimum atomic E-state index is -4.17. The molecule has 1 N–H and O–H groups in total. The summed E-state index contributed by atoms with van der Waals surface area (Å²) in [6, 6.07) is 7.02. The number of hydrogen-bond donors (Lipinski definition) is 1. The lowest BCUT2D eigenvalue weighted by molar-refractivity contribution is 0.0596. The highest BCUT2D eigenvalue weighted by molar-refractivity contribution is 7.94. The van der Waals surface area contributed by atoms with Gasteiger partial charge in [-0.15, -0.1) is 11.3 Å². The number of ether oxygens (including phenoxy) is 2. The van der Waals surface area contributed by atoms with Gasteiger partial charge in [0.25, 0.3) is 10.0 Å². The van der Waals surface area contributed by atoms with Gasteiger partial charge < -0.3 is 9.47 Å². The fourth-order valence-corrected chi connectivity index (χ4v) is 5.54. The number of nitrogens with one attached hydrogen (secondary N) is 1. The minimum Gasteiger partial charge on any atom is -0.465 e. The van der Waals surface area contributed by atoms with Gasteiger partial charge in [-0.05, 0) is 29.5 Å². The van der Waals surface area contributed by atoms with Crippen molar-refractivity contribution in [2.24, 2.45) is 0 Å². The summed E-state index contributed by atoms with van der Waals surface area (Å²) < 4.78 is 38.0. The molecule has 0 radical (unpaired) electrons. The molecule has 0 spiro atoms. The number of esters is 2. The van der Waals surface area contributed by atoms with Gasteiger partial charge in [0.15, 0.2) is 4.21 Å². The van der Waals surface area contributed by atoms with Gasteiger partial charge in [-0.3, -0.25) is 4.72 Å². The Morgan fingerprint density at radius 3 is 2.14 bits per heavy atom. The number of carbonyl (C=O) groups is 2. The summed E-state index contributed by atoms with van der Waals surface area (Å²) in [5.74, 6) is -1.56. The Hall–Kier alpha value is -2.39. The zero-order chi connectivity index (χ0) is 21.3. The third-order valence-corrected chi connectivity index (χ3v) is 7.25. The lowest BCUT2D eigenvalue weighted by Gasteiger charge is -2.23. The molecule has 0 bridgehead atoms. The van der Waals surface area contributed by atoms with Crippen LogP contribution in [0.2, 0.25) is 0 Å². The molecular formula is C19H23NO6S2. The van der Waals surface area contributed by atoms with Crippen molar-refractivity contribution in [2.45, 2.75) is 37.3 Å². The number of rotatable bonds is 5. The minimum absolute atomic E-state index is 0.0346. The lowest BCUT2D eigenvalue weighted by atomic mass is 9.86. The number of para-hydroxylation sites is 1. The molecule has 0 saturated carbocycles. The number of carbonyl (C=O) groups excluding carboxylic acids is 2. The predicted molar refractivity (Wildman–Crippen MR) is 108 cm³/mol. The van der Waals surface area contributed by atoms with E-state index in [-0.39, 0.29) is 25.6 Å². The standard InChI is InChI=1S/C19H23NO6S2/c1-11-14(16(21)25-5)18(27-15(11)17(22)26-6)28(23,24)20-13-10-8-7-9-12(13)19(2,3)4/h7-10,20H,1-6H3. The second kappa shape index (κ2) is 7.92. The SMILES string of the molecule is COC(=O)c1sc(S(=O)(=O)Nc2ccccc2C(C)(C)C)c(C(=O)OC)c1C. The fourth-order valence-electron chi connectivity index (χ4n) is 2.72. The van der Waals surface area contributed by atoms with Crippen LogP contribution >= 0.6 is 11.3 Å². The lowest BCUT2D eigenvalue weighted by Crippen LogP contribution is -2.20. The first kappa shape index (κ1) is 21.9. The number of thiophene rings is 1. The van der Waals surface area contributed by atoms with Crippen LogP contribution in [0.5, 0.6) is 0 Å². The Bertz CT molecular complexity index is 1020. The summed E-state index contributed by atoms with van der Waals surface area (Å²) in [5, 5.41) is 0. The Labute approximate surface area is 168 Å². The van der Waals surface area contributed by atoms with Crippen LogP contribution in [0.15, 0.2) is 28.5 Å². The first-order valence-corrected chi connectivity index (χ1v) is 10.7. The number of anilines is 1. The highest BCUT2D eigenvalue weighted by Gasteiger charge is 2.33. The monoisotopic (exact) mass is 425 g/mol. The molecule has 28 heavy (non-hydrogen) atoms. The average molecular weight is 426 g/mol. The summed E-state index contributed by atoms with van der Waals surface area (Å²) in [6.07, 6.45) is 0. The van der Waals surface area contributed by atoms with Crippen LogP contribution in [0, 0.1) is 6.92 Å². The molecule has 0 saturated heterocycles. The molecule has 0 amide bonds. The van der Waals surface area contributed by atoms with Crippen LogP contribution in [0.3, 0.4) is 0 Å². The largest absolute Gasteiger partial charge is 0.465 e. The van der Waals surface area contributed by atoms with Crippen molar-refractivity contribution >= 4 is 39.0 Å². The van der Waals surface area contributed by atoms with E-state index in [0.717, 1.165) is 12.7 Å². The molecule has 0 fully saturated rings. The molecular weight excluding hydrogens is 402 g/mol. The molecule has 1 heterocycles. The van der Waals surface area contributed by atoms with E-state index in [0.29, 0.717) is 17.0 Å². The van der Waals surface area contributed by atoms with Crippen molar-refractivity contribution in [3.8, 4) is 0 Å². The Morgan fingerprint density at radius 2 is 1.61 bits per heavy atom. The van der Waals surface area contributed by atoms with Crippen molar-refractivity contribution in [3.63, 3.8) is 0 Å². The third kappa shape index (κ3) is 4.20. The van der Waals surface area contributed by atoms with Gasteiger partial charge in [0.2, 0.25) is 0 Å². The fraction of sp³-hybridized carbons (Fsp3) is 0.368. The first-order chi connectivity index (χ1) is 12.9. The van der Waals surface area contributed by atoms with Crippen LogP contribution in [0.1, 0.15) is 51.9 Å². The highest BCUT2D eigenvalue weighted by atomic mass is 32.2. The highest BCUT2D eigenvalue weighted by Crippen LogP contribution is 2.36. The van der Waals surface area contributed by atoms with Crippen molar-refractivity contribution in [1.82, 2.24) is 0 Å². The summed E-state index contributed by atoms with van der Waals surface area (Å²) in [7, 11) is -1.83. The normalized spacial score (nSPS) is 11.8. The maximum Gasteiger partial charge on any atom is 0.348 e. The predicted octanol–water partition coefficient (Wildman–Crippen LogP) is 3.73. The zero-order valence-corrected chi connectivity index (χ0v) is 18.2. The van der Waals surface area contributed by atoms with E-state index in [4.69, 9.17) is 9.47 Å². The zero-order valence-electron chi connectivity index (χ0n) is 16.6. The molecule has 1 aromatic carbocycles. The third-order valence-electron chi connectivity index (χ3n) is 4.10. The second-order valence-corrected chi connectivity index (χ2v) is 10.0. The Balaban J connectivity index is 2.64. The molecule has 0 aliphatic heterocycles. The smallest absolute Gasteiger partial charge is 0.348 e. The summed E-state index contributed by atoms with van der Waals surface area (Å²) in [6.45, 7) is 7.37. The molecule has 0 unspecified atom stereocenters. The molecule has 2 rings (SSSR count). The molecule has 7 nitrogen and oxygen atoms in total. The Kier molecular flexibility index (Phi) is 6.20. The van der Waals surface area contributed by atoms with Gasteiger partial charge in [0.1, 0.15) is 4.88 Å². The molecule has 0 atom stereocenters. The average Bonchev–Trinajstić information content (AvgIpc) is 2.98. The number of sulfonamides is 1. The van der Waals surface area contributed by atoms with E-state index >= 15 is 0 Å². The van der Waals surface area contributed by atoms with Gasteiger partial charge in [-0.2, -0.15) is 0 Å². The van der Waals surface area contributed by atoms with Crippen molar-refractivity contribution in [2.75, 3.05) is 18.9 Å².